The molecule has 1 aromatic heterocycles. The molecule has 37 heavy (non-hydrogen) atoms. The molecule has 0 radical (unpaired) electrons. The summed E-state index contributed by atoms with van der Waals surface area (Å²) in [7, 11) is 0. The maximum Gasteiger partial charge on any atom is 0.229 e. The van der Waals surface area contributed by atoms with Crippen LogP contribution in [0.15, 0.2) is 60.7 Å². The first-order valence-corrected chi connectivity index (χ1v) is 13.6. The molecule has 194 valence electrons. The Balaban J connectivity index is 1.20. The van der Waals surface area contributed by atoms with Crippen molar-refractivity contribution in [2.24, 2.45) is 0 Å². The van der Waals surface area contributed by atoms with Gasteiger partial charge in [-0.3, -0.25) is 0 Å². The lowest BCUT2D eigenvalue weighted by Crippen LogP contribution is -2.48. The molecule has 0 aliphatic carbocycles. The highest BCUT2D eigenvalue weighted by molar-refractivity contribution is 5.59. The summed E-state index contributed by atoms with van der Waals surface area (Å²) < 4.78 is 5.61. The monoisotopic (exact) mass is 499 g/mol. The van der Waals surface area contributed by atoms with Gasteiger partial charge in [0.05, 0.1) is 13.2 Å². The molecule has 0 spiro atoms. The van der Waals surface area contributed by atoms with Crippen molar-refractivity contribution in [3.05, 3.63) is 66.2 Å². The summed E-state index contributed by atoms with van der Waals surface area (Å²) in [5.41, 5.74) is 3.96. The van der Waals surface area contributed by atoms with Crippen LogP contribution >= 0.6 is 0 Å². The molecule has 3 saturated heterocycles. The summed E-state index contributed by atoms with van der Waals surface area (Å²) in [6.45, 7) is 13.1. The largest absolute Gasteiger partial charge is 0.378 e. The van der Waals surface area contributed by atoms with Crippen LogP contribution < -0.4 is 24.5 Å². The van der Waals surface area contributed by atoms with Crippen LogP contribution in [-0.4, -0.2) is 88.6 Å². The van der Waals surface area contributed by atoms with Crippen molar-refractivity contribution in [2.75, 3.05) is 103 Å². The number of hydrogen-bond acceptors (Lipinski definition) is 8. The molecule has 0 saturated carbocycles. The Labute approximate surface area is 220 Å². The zero-order valence-electron chi connectivity index (χ0n) is 21.8. The van der Waals surface area contributed by atoms with Crippen LogP contribution in [0.25, 0.3) is 0 Å². The Bertz CT molecular complexity index is 1170. The number of piperazine rings is 2. The number of morpholine rings is 1. The van der Waals surface area contributed by atoms with E-state index in [1.807, 2.05) is 0 Å². The molecule has 0 atom stereocenters. The molecular formula is C29H37N7O. The third-order valence-electron chi connectivity index (χ3n) is 7.77. The van der Waals surface area contributed by atoms with Gasteiger partial charge in [-0.25, -0.2) is 0 Å². The number of ether oxygens (including phenoxy) is 1. The van der Waals surface area contributed by atoms with Gasteiger partial charge in [-0.1, -0.05) is 36.4 Å². The van der Waals surface area contributed by atoms with E-state index in [9.17, 15) is 0 Å². The lowest BCUT2D eigenvalue weighted by molar-refractivity contribution is 0.122. The minimum atomic E-state index is 0.750. The average molecular weight is 500 g/mol. The molecule has 3 aromatic rings. The van der Waals surface area contributed by atoms with Gasteiger partial charge in [0.15, 0.2) is 0 Å². The molecule has 6 rings (SSSR count). The molecule has 0 amide bonds. The number of anilines is 5. The first-order chi connectivity index (χ1) is 18.2. The van der Waals surface area contributed by atoms with E-state index in [2.05, 4.69) is 92.1 Å². The summed E-state index contributed by atoms with van der Waals surface area (Å²) in [4.78, 5) is 22.3. The standard InChI is InChI=1S/C29H37N7O/c1-24-7-5-6-10-26(24)33-13-17-36(18-14-33)29-30-27(23-28(31-29)35-19-21-37-22-20-35)34-15-11-32(12-16-34)25-8-3-2-4-9-25/h2-10,23H,11-22H2,1H3. The van der Waals surface area contributed by atoms with E-state index in [4.69, 9.17) is 14.7 Å². The minimum absolute atomic E-state index is 0.750. The van der Waals surface area contributed by atoms with Gasteiger partial charge in [0, 0.05) is 82.9 Å². The molecule has 0 bridgehead atoms. The van der Waals surface area contributed by atoms with Gasteiger partial charge in [-0.05, 0) is 30.7 Å². The van der Waals surface area contributed by atoms with Gasteiger partial charge in [-0.15, -0.1) is 0 Å². The Morgan fingerprint density at radius 2 is 1.11 bits per heavy atom. The lowest BCUT2D eigenvalue weighted by Gasteiger charge is -2.39. The summed E-state index contributed by atoms with van der Waals surface area (Å²) >= 11 is 0. The SMILES string of the molecule is Cc1ccccc1N1CCN(c2nc(N3CCOCC3)cc(N3CCN(c4ccccc4)CC3)n2)CC1. The van der Waals surface area contributed by atoms with Crippen molar-refractivity contribution in [1.29, 1.82) is 0 Å². The van der Waals surface area contributed by atoms with Gasteiger partial charge in [0.2, 0.25) is 5.95 Å². The zero-order valence-corrected chi connectivity index (χ0v) is 21.8. The molecule has 3 fully saturated rings. The highest BCUT2D eigenvalue weighted by Gasteiger charge is 2.25. The second-order valence-electron chi connectivity index (χ2n) is 10.1. The van der Waals surface area contributed by atoms with Crippen LogP contribution in [0.4, 0.5) is 29.0 Å². The van der Waals surface area contributed by atoms with Crippen LogP contribution in [0, 0.1) is 6.92 Å². The first-order valence-electron chi connectivity index (χ1n) is 13.6. The third kappa shape index (κ3) is 5.30. The Kier molecular flexibility index (Phi) is 6.99. The van der Waals surface area contributed by atoms with Crippen LogP contribution in [0.1, 0.15) is 5.56 Å². The van der Waals surface area contributed by atoms with Crippen LogP contribution in [-0.2, 0) is 4.74 Å². The number of aromatic nitrogens is 2. The fourth-order valence-electron chi connectivity index (χ4n) is 5.57. The molecule has 8 nitrogen and oxygen atoms in total. The van der Waals surface area contributed by atoms with Crippen LogP contribution in [0.5, 0.6) is 0 Å². The van der Waals surface area contributed by atoms with E-state index in [0.717, 1.165) is 96.2 Å². The van der Waals surface area contributed by atoms with Crippen molar-refractivity contribution in [1.82, 2.24) is 9.97 Å². The van der Waals surface area contributed by atoms with Gasteiger partial charge < -0.3 is 29.2 Å². The molecular weight excluding hydrogens is 462 g/mol. The smallest absolute Gasteiger partial charge is 0.229 e. The number of rotatable bonds is 5. The Morgan fingerprint density at radius 1 is 0.568 bits per heavy atom. The van der Waals surface area contributed by atoms with E-state index in [-0.39, 0.29) is 0 Å². The Hall–Kier alpha value is -3.52. The minimum Gasteiger partial charge on any atom is -0.378 e. The summed E-state index contributed by atoms with van der Waals surface area (Å²) in [6, 6.07) is 21.6. The fraction of sp³-hybridized carbons (Fsp3) is 0.448. The summed E-state index contributed by atoms with van der Waals surface area (Å²) in [5, 5.41) is 0. The second-order valence-corrected chi connectivity index (χ2v) is 10.1. The predicted octanol–water partition coefficient (Wildman–Crippen LogP) is 3.27. The van der Waals surface area contributed by atoms with Crippen molar-refractivity contribution < 1.29 is 4.74 Å². The van der Waals surface area contributed by atoms with E-state index < -0.39 is 0 Å². The van der Waals surface area contributed by atoms with E-state index >= 15 is 0 Å². The topological polar surface area (TPSA) is 51.2 Å². The summed E-state index contributed by atoms with van der Waals surface area (Å²) in [6.07, 6.45) is 0. The molecule has 0 unspecified atom stereocenters. The maximum absolute atomic E-state index is 5.61. The summed E-state index contributed by atoms with van der Waals surface area (Å²) in [5.74, 6) is 2.92. The van der Waals surface area contributed by atoms with Gasteiger partial charge >= 0.3 is 0 Å². The van der Waals surface area contributed by atoms with E-state index in [1.165, 1.54) is 16.9 Å². The highest BCUT2D eigenvalue weighted by Crippen LogP contribution is 2.27. The van der Waals surface area contributed by atoms with Gasteiger partial charge in [0.25, 0.3) is 0 Å². The van der Waals surface area contributed by atoms with Gasteiger partial charge in [0.1, 0.15) is 11.6 Å². The predicted molar refractivity (Wildman–Crippen MR) is 152 cm³/mol. The first kappa shape index (κ1) is 23.9. The quantitative estimate of drug-likeness (QED) is 0.530. The third-order valence-corrected chi connectivity index (χ3v) is 7.77. The van der Waals surface area contributed by atoms with E-state index in [0.29, 0.717) is 0 Å². The van der Waals surface area contributed by atoms with Crippen molar-refractivity contribution in [3.8, 4) is 0 Å². The highest BCUT2D eigenvalue weighted by atomic mass is 16.5. The number of benzene rings is 2. The number of hydrogen-bond donors (Lipinski definition) is 0. The maximum atomic E-state index is 5.61. The van der Waals surface area contributed by atoms with Crippen LogP contribution in [0.3, 0.4) is 0 Å². The molecule has 2 aromatic carbocycles. The van der Waals surface area contributed by atoms with Crippen molar-refractivity contribution in [3.63, 3.8) is 0 Å². The van der Waals surface area contributed by atoms with E-state index in [1.54, 1.807) is 0 Å². The average Bonchev–Trinajstić information content (AvgIpc) is 2.98. The molecule has 0 N–H and O–H groups in total. The lowest BCUT2D eigenvalue weighted by atomic mass is 10.1. The zero-order chi connectivity index (χ0) is 25.0. The number of nitrogens with zero attached hydrogens (tertiary/aromatic N) is 7. The molecule has 8 heteroatoms. The number of para-hydroxylation sites is 2. The molecule has 3 aliphatic heterocycles. The number of aryl methyl sites for hydroxylation is 1. The van der Waals surface area contributed by atoms with Crippen molar-refractivity contribution >= 4 is 29.0 Å². The molecule has 3 aliphatic rings. The van der Waals surface area contributed by atoms with Crippen molar-refractivity contribution in [2.45, 2.75) is 6.92 Å². The van der Waals surface area contributed by atoms with Crippen LogP contribution in [0.2, 0.25) is 0 Å². The molecule has 4 heterocycles. The fourth-order valence-corrected chi connectivity index (χ4v) is 5.57. The van der Waals surface area contributed by atoms with Gasteiger partial charge in [-0.2, -0.15) is 9.97 Å². The second kappa shape index (κ2) is 10.8. The normalized spacial score (nSPS) is 18.9. The Morgan fingerprint density at radius 3 is 1.78 bits per heavy atom.